The summed E-state index contributed by atoms with van der Waals surface area (Å²) in [6.07, 6.45) is 5.02. The molecule has 0 bridgehead atoms. The van der Waals surface area contributed by atoms with Crippen LogP contribution in [0, 0.1) is 0 Å². The molecule has 0 radical (unpaired) electrons. The second-order valence-electron chi connectivity index (χ2n) is 4.75. The second-order valence-corrected chi connectivity index (χ2v) is 5.55. The van der Waals surface area contributed by atoms with Crippen LogP contribution in [0.1, 0.15) is 36.0 Å². The van der Waals surface area contributed by atoms with Crippen molar-refractivity contribution in [3.8, 4) is 0 Å². The van der Waals surface area contributed by atoms with Crippen molar-refractivity contribution in [1.82, 2.24) is 0 Å². The maximum absolute atomic E-state index is 2.97. The van der Waals surface area contributed by atoms with Gasteiger partial charge in [-0.15, -0.1) is 9.24 Å². The summed E-state index contributed by atoms with van der Waals surface area (Å²) in [6, 6.07) is 21.5. The Bertz CT molecular complexity index is 436. The van der Waals surface area contributed by atoms with Gasteiger partial charge in [0, 0.05) is 0 Å². The second kappa shape index (κ2) is 7.34. The number of rotatable bonds is 6. The monoisotopic (exact) mass is 256 g/mol. The maximum atomic E-state index is 2.97. The highest BCUT2D eigenvalue weighted by Gasteiger charge is 2.04. The van der Waals surface area contributed by atoms with E-state index >= 15 is 0 Å². The molecular formula is C17H21P. The zero-order valence-electron chi connectivity index (χ0n) is 10.8. The van der Waals surface area contributed by atoms with Crippen molar-refractivity contribution in [1.29, 1.82) is 0 Å². The van der Waals surface area contributed by atoms with Gasteiger partial charge in [0.2, 0.25) is 0 Å². The molecule has 0 aromatic heterocycles. The summed E-state index contributed by atoms with van der Waals surface area (Å²) in [6.45, 7) is 0. The minimum absolute atomic E-state index is 0.599. The van der Waals surface area contributed by atoms with Gasteiger partial charge in [-0.2, -0.15) is 0 Å². The van der Waals surface area contributed by atoms with Gasteiger partial charge < -0.3 is 0 Å². The molecule has 0 nitrogen and oxygen atoms in total. The topological polar surface area (TPSA) is 0 Å². The molecule has 0 aliphatic heterocycles. The van der Waals surface area contributed by atoms with E-state index < -0.39 is 0 Å². The number of hydrogen-bond donors (Lipinski definition) is 0. The van der Waals surface area contributed by atoms with Crippen LogP contribution in [0.25, 0.3) is 0 Å². The molecule has 2 unspecified atom stereocenters. The van der Waals surface area contributed by atoms with Crippen LogP contribution in [0.4, 0.5) is 0 Å². The van der Waals surface area contributed by atoms with E-state index in [0.717, 1.165) is 0 Å². The first-order valence-electron chi connectivity index (χ1n) is 6.71. The quantitative estimate of drug-likeness (QED) is 0.503. The van der Waals surface area contributed by atoms with Gasteiger partial charge >= 0.3 is 0 Å². The molecule has 18 heavy (non-hydrogen) atoms. The predicted octanol–water partition coefficient (Wildman–Crippen LogP) is 5.02. The van der Waals surface area contributed by atoms with Gasteiger partial charge in [0.15, 0.2) is 0 Å². The van der Waals surface area contributed by atoms with Crippen molar-refractivity contribution < 1.29 is 0 Å². The Hall–Kier alpha value is -1.13. The van der Waals surface area contributed by atoms with Crippen LogP contribution in [0.2, 0.25) is 0 Å². The third-order valence-electron chi connectivity index (χ3n) is 3.30. The molecule has 0 fully saturated rings. The van der Waals surface area contributed by atoms with Crippen molar-refractivity contribution in [2.24, 2.45) is 0 Å². The van der Waals surface area contributed by atoms with Gasteiger partial charge in [0.05, 0.1) is 0 Å². The lowest BCUT2D eigenvalue weighted by molar-refractivity contribution is 0.670. The van der Waals surface area contributed by atoms with Gasteiger partial charge in [0.25, 0.3) is 0 Å². The van der Waals surface area contributed by atoms with E-state index in [1.165, 1.54) is 36.8 Å². The minimum atomic E-state index is 0.599. The van der Waals surface area contributed by atoms with Crippen molar-refractivity contribution >= 4 is 9.24 Å². The fraction of sp³-hybridized carbons (Fsp3) is 0.294. The number of aryl methyl sites for hydroxylation is 1. The van der Waals surface area contributed by atoms with Crippen LogP contribution < -0.4 is 0 Å². The lowest BCUT2D eigenvalue weighted by Crippen LogP contribution is -1.91. The zero-order chi connectivity index (χ0) is 12.6. The molecular weight excluding hydrogens is 235 g/mol. The van der Waals surface area contributed by atoms with Crippen molar-refractivity contribution in [3.05, 3.63) is 71.8 Å². The van der Waals surface area contributed by atoms with Gasteiger partial charge in [-0.05, 0) is 36.0 Å². The molecule has 1 heteroatoms. The molecule has 0 N–H and O–H groups in total. The van der Waals surface area contributed by atoms with E-state index in [4.69, 9.17) is 0 Å². The molecule has 0 amide bonds. The molecule has 2 atom stereocenters. The Morgan fingerprint density at radius 1 is 0.778 bits per heavy atom. The highest BCUT2D eigenvalue weighted by molar-refractivity contribution is 7.17. The Balaban J connectivity index is 1.70. The first-order valence-corrected chi connectivity index (χ1v) is 7.37. The molecule has 0 aliphatic carbocycles. The van der Waals surface area contributed by atoms with Gasteiger partial charge in [0.1, 0.15) is 0 Å². The minimum Gasteiger partial charge on any atom is -0.130 e. The summed E-state index contributed by atoms with van der Waals surface area (Å²) < 4.78 is 0. The Kier molecular flexibility index (Phi) is 5.42. The molecule has 0 spiro atoms. The molecule has 2 rings (SSSR count). The van der Waals surface area contributed by atoms with E-state index in [1.807, 2.05) is 0 Å². The predicted molar refractivity (Wildman–Crippen MR) is 82.9 cm³/mol. The average molecular weight is 256 g/mol. The molecule has 2 aromatic rings. The van der Waals surface area contributed by atoms with Crippen LogP contribution in [0.15, 0.2) is 60.7 Å². The summed E-state index contributed by atoms with van der Waals surface area (Å²) in [4.78, 5) is 0. The van der Waals surface area contributed by atoms with Gasteiger partial charge in [-0.25, -0.2) is 0 Å². The summed E-state index contributed by atoms with van der Waals surface area (Å²) in [7, 11) is 2.97. The fourth-order valence-electron chi connectivity index (χ4n) is 2.20. The largest absolute Gasteiger partial charge is 0.130 e. The van der Waals surface area contributed by atoms with Crippen LogP contribution in [0.3, 0.4) is 0 Å². The first kappa shape index (κ1) is 13.3. The molecule has 0 aliphatic rings. The standard InChI is InChI=1S/C17H21P/c18-17(16-12-5-2-6-13-16)14-8-7-11-15-9-3-1-4-10-15/h1-6,9-10,12-13,17H,7-8,11,14,18H2. The summed E-state index contributed by atoms with van der Waals surface area (Å²) >= 11 is 0. The van der Waals surface area contributed by atoms with Crippen LogP contribution >= 0.6 is 9.24 Å². The van der Waals surface area contributed by atoms with E-state index in [-0.39, 0.29) is 0 Å². The molecule has 2 aromatic carbocycles. The van der Waals surface area contributed by atoms with E-state index in [9.17, 15) is 0 Å². The van der Waals surface area contributed by atoms with E-state index in [2.05, 4.69) is 69.9 Å². The third-order valence-corrected chi connectivity index (χ3v) is 4.02. The Morgan fingerprint density at radius 2 is 1.39 bits per heavy atom. The first-order chi connectivity index (χ1) is 8.86. The highest BCUT2D eigenvalue weighted by atomic mass is 31.0. The summed E-state index contributed by atoms with van der Waals surface area (Å²) in [5.41, 5.74) is 3.49. The van der Waals surface area contributed by atoms with Gasteiger partial charge in [-0.3, -0.25) is 0 Å². The summed E-state index contributed by atoms with van der Waals surface area (Å²) in [5, 5.41) is 0. The number of hydrogen-bond acceptors (Lipinski definition) is 0. The number of unbranched alkanes of at least 4 members (excludes halogenated alkanes) is 1. The molecule has 0 saturated heterocycles. The Labute approximate surface area is 113 Å². The summed E-state index contributed by atoms with van der Waals surface area (Å²) in [5.74, 6) is 0. The smallest absolute Gasteiger partial charge is 0.00146 e. The van der Waals surface area contributed by atoms with Crippen molar-refractivity contribution in [2.45, 2.75) is 31.3 Å². The SMILES string of the molecule is PC(CCCCc1ccccc1)c1ccccc1. The number of benzene rings is 2. The van der Waals surface area contributed by atoms with Gasteiger partial charge in [-0.1, -0.05) is 67.1 Å². The normalized spacial score (nSPS) is 12.3. The highest BCUT2D eigenvalue weighted by Crippen LogP contribution is 2.28. The van der Waals surface area contributed by atoms with Crippen LogP contribution in [-0.2, 0) is 6.42 Å². The third kappa shape index (κ3) is 4.27. The maximum Gasteiger partial charge on any atom is -0.00146 e. The van der Waals surface area contributed by atoms with E-state index in [0.29, 0.717) is 5.66 Å². The zero-order valence-corrected chi connectivity index (χ0v) is 11.9. The average Bonchev–Trinajstić information content (AvgIpc) is 2.45. The Morgan fingerprint density at radius 3 is 2.06 bits per heavy atom. The van der Waals surface area contributed by atoms with Crippen LogP contribution in [0.5, 0.6) is 0 Å². The van der Waals surface area contributed by atoms with E-state index in [1.54, 1.807) is 0 Å². The lowest BCUT2D eigenvalue weighted by atomic mass is 10.0. The lowest BCUT2D eigenvalue weighted by Gasteiger charge is -2.11. The molecule has 0 heterocycles. The van der Waals surface area contributed by atoms with Crippen molar-refractivity contribution in [3.63, 3.8) is 0 Å². The van der Waals surface area contributed by atoms with Crippen molar-refractivity contribution in [2.75, 3.05) is 0 Å². The molecule has 94 valence electrons. The van der Waals surface area contributed by atoms with Crippen LogP contribution in [-0.4, -0.2) is 0 Å². The molecule has 0 saturated carbocycles. The fourth-order valence-corrected chi connectivity index (χ4v) is 2.66.